The van der Waals surface area contributed by atoms with Crippen molar-refractivity contribution in [3.8, 4) is 11.5 Å². The van der Waals surface area contributed by atoms with Crippen LogP contribution in [0, 0.1) is 5.92 Å². The van der Waals surface area contributed by atoms with Crippen molar-refractivity contribution < 1.29 is 35.9 Å². The lowest BCUT2D eigenvalue weighted by Gasteiger charge is -2.22. The molecule has 186 valence electrons. The summed E-state index contributed by atoms with van der Waals surface area (Å²) in [6.07, 6.45) is -2.22. The van der Waals surface area contributed by atoms with Gasteiger partial charge in [-0.3, -0.25) is 9.78 Å². The van der Waals surface area contributed by atoms with Crippen molar-refractivity contribution in [3.05, 3.63) is 54.2 Å². The van der Waals surface area contributed by atoms with Crippen LogP contribution in [0.5, 0.6) is 11.5 Å². The van der Waals surface area contributed by atoms with E-state index in [0.29, 0.717) is 32.4 Å². The molecule has 0 aliphatic carbocycles. The maximum Gasteiger partial charge on any atom is 0.573 e. The van der Waals surface area contributed by atoms with Gasteiger partial charge in [0.15, 0.2) is 5.75 Å². The summed E-state index contributed by atoms with van der Waals surface area (Å²) in [6.45, 7) is 3.11. The van der Waals surface area contributed by atoms with E-state index < -0.39 is 38.7 Å². The third kappa shape index (κ3) is 5.57. The first-order valence-corrected chi connectivity index (χ1v) is 12.5. The number of ether oxygens (including phenoxy) is 2. The third-order valence-electron chi connectivity index (χ3n) is 5.80. The van der Waals surface area contributed by atoms with Crippen LogP contribution in [0.2, 0.25) is 0 Å². The molecule has 1 aromatic heterocycles. The zero-order valence-electron chi connectivity index (χ0n) is 18.8. The highest BCUT2D eigenvalue weighted by Gasteiger charge is 2.33. The molecule has 2 aromatic carbocycles. The van der Waals surface area contributed by atoms with Crippen LogP contribution in [-0.2, 0) is 21.1 Å². The maximum absolute atomic E-state index is 13.5. The molecule has 7 nitrogen and oxygen atoms in total. The molecule has 0 unspecified atom stereocenters. The van der Waals surface area contributed by atoms with Gasteiger partial charge in [0.05, 0.1) is 22.5 Å². The van der Waals surface area contributed by atoms with E-state index in [1.165, 1.54) is 18.2 Å². The lowest BCUT2D eigenvalue weighted by molar-refractivity contribution is -0.274. The first-order chi connectivity index (χ1) is 16.6. The molecule has 4 rings (SSSR count). The molecule has 1 aliphatic heterocycles. The van der Waals surface area contributed by atoms with Crippen molar-refractivity contribution in [2.75, 3.05) is 13.1 Å². The smallest absolute Gasteiger partial charge is 0.424 e. The molecule has 1 N–H and O–H groups in total. The Morgan fingerprint density at radius 1 is 1.11 bits per heavy atom. The van der Waals surface area contributed by atoms with Crippen LogP contribution in [0.25, 0.3) is 10.9 Å². The molecular formula is C24H23F3N2O5S. The first kappa shape index (κ1) is 24.9. The second kappa shape index (κ2) is 9.82. The highest BCUT2D eigenvalue weighted by Crippen LogP contribution is 2.38. The van der Waals surface area contributed by atoms with E-state index in [1.54, 1.807) is 12.1 Å². The number of aromatic nitrogens is 1. The zero-order chi connectivity index (χ0) is 25.2. The fourth-order valence-electron chi connectivity index (χ4n) is 3.90. The van der Waals surface area contributed by atoms with E-state index in [1.807, 2.05) is 6.92 Å². The normalized spacial score (nSPS) is 15.2. The molecule has 35 heavy (non-hydrogen) atoms. The number of hydrogen-bond acceptors (Lipinski definition) is 7. The number of carbonyl (C=O) groups is 1. The number of nitrogens with zero attached hydrogens (tertiary/aromatic N) is 1. The van der Waals surface area contributed by atoms with E-state index in [9.17, 15) is 26.4 Å². The van der Waals surface area contributed by atoms with E-state index in [2.05, 4.69) is 15.0 Å². The summed E-state index contributed by atoms with van der Waals surface area (Å²) in [5, 5.41) is 3.04. The Bertz CT molecular complexity index is 1340. The number of alkyl halides is 3. The summed E-state index contributed by atoms with van der Waals surface area (Å²) in [5.41, 5.74) is 1.07. The number of carbonyl (C=O) groups excluding carboxylic acids is 1. The van der Waals surface area contributed by atoms with E-state index in [-0.39, 0.29) is 21.5 Å². The monoisotopic (exact) mass is 508 g/mol. The van der Waals surface area contributed by atoms with Gasteiger partial charge >= 0.3 is 12.3 Å². The molecule has 11 heteroatoms. The van der Waals surface area contributed by atoms with Crippen LogP contribution in [-0.4, -0.2) is 38.8 Å². The van der Waals surface area contributed by atoms with E-state index in [4.69, 9.17) is 4.74 Å². The highest BCUT2D eigenvalue weighted by atomic mass is 32.2. The van der Waals surface area contributed by atoms with Crippen LogP contribution in [0.15, 0.2) is 58.5 Å². The minimum absolute atomic E-state index is 0.0577. The van der Waals surface area contributed by atoms with Crippen molar-refractivity contribution in [1.82, 2.24) is 10.3 Å². The molecule has 0 saturated carbocycles. The van der Waals surface area contributed by atoms with Gasteiger partial charge in [-0.1, -0.05) is 19.1 Å². The molecule has 3 aromatic rings. The van der Waals surface area contributed by atoms with Gasteiger partial charge in [0, 0.05) is 5.39 Å². The molecule has 0 spiro atoms. The van der Waals surface area contributed by atoms with Gasteiger partial charge in [-0.05, 0) is 68.2 Å². The second-order valence-corrected chi connectivity index (χ2v) is 10.0. The number of aryl methyl sites for hydroxylation is 1. The number of nitrogens with one attached hydrogen (secondary N) is 1. The highest BCUT2D eigenvalue weighted by molar-refractivity contribution is 7.91. The summed E-state index contributed by atoms with van der Waals surface area (Å²) in [6, 6.07) is 9.46. The average Bonchev–Trinajstić information content (AvgIpc) is 2.83. The minimum Gasteiger partial charge on any atom is -0.424 e. The predicted octanol–water partition coefficient (Wildman–Crippen LogP) is 4.43. The summed E-state index contributed by atoms with van der Waals surface area (Å²) < 4.78 is 75.1. The van der Waals surface area contributed by atoms with Crippen LogP contribution in [0.1, 0.15) is 25.3 Å². The van der Waals surface area contributed by atoms with Crippen LogP contribution < -0.4 is 14.8 Å². The molecule has 0 bridgehead atoms. The second-order valence-electron chi connectivity index (χ2n) is 8.12. The fraction of sp³-hybridized carbons (Fsp3) is 0.333. The SMILES string of the molecule is CCc1ccc(S(=O)(=O)c2cnc3ccc(OC(F)(F)F)cc3c2OC(=O)C2CCNCC2)cc1. The van der Waals surface area contributed by atoms with Crippen LogP contribution in [0.4, 0.5) is 13.2 Å². The number of esters is 1. The van der Waals surface area contributed by atoms with Crippen molar-refractivity contribution in [2.24, 2.45) is 5.92 Å². The van der Waals surface area contributed by atoms with Crippen molar-refractivity contribution >= 4 is 26.7 Å². The zero-order valence-corrected chi connectivity index (χ0v) is 19.6. The number of pyridine rings is 1. The van der Waals surface area contributed by atoms with Gasteiger partial charge in [0.1, 0.15) is 10.6 Å². The summed E-state index contributed by atoms with van der Waals surface area (Å²) in [4.78, 5) is 16.6. The minimum atomic E-state index is -4.96. The lowest BCUT2D eigenvalue weighted by atomic mass is 9.98. The predicted molar refractivity (Wildman–Crippen MR) is 121 cm³/mol. The number of piperidine rings is 1. The Kier molecular flexibility index (Phi) is 7.00. The summed E-state index contributed by atoms with van der Waals surface area (Å²) in [7, 11) is -4.23. The first-order valence-electron chi connectivity index (χ1n) is 11.0. The molecule has 1 fully saturated rings. The van der Waals surface area contributed by atoms with Gasteiger partial charge in [-0.15, -0.1) is 13.2 Å². The third-order valence-corrected chi connectivity index (χ3v) is 7.56. The number of halogens is 3. The largest absolute Gasteiger partial charge is 0.573 e. The summed E-state index contributed by atoms with van der Waals surface area (Å²) in [5.74, 6) is -2.09. The van der Waals surface area contributed by atoms with Crippen LogP contribution in [0.3, 0.4) is 0 Å². The van der Waals surface area contributed by atoms with Crippen molar-refractivity contribution in [1.29, 1.82) is 0 Å². The number of rotatable bonds is 6. The standard InChI is InChI=1S/C24H23F3N2O5S/c1-2-15-3-6-18(7-4-15)35(31,32)21-14-29-20-8-5-17(34-24(25,26)27)13-19(20)22(21)33-23(30)16-9-11-28-12-10-16/h3-8,13-14,16,28H,2,9-12H2,1H3. The lowest BCUT2D eigenvalue weighted by Crippen LogP contribution is -2.34. The van der Waals surface area contributed by atoms with Gasteiger partial charge in [-0.25, -0.2) is 8.42 Å². The number of hydrogen-bond donors (Lipinski definition) is 1. The molecule has 0 amide bonds. The number of sulfone groups is 1. The van der Waals surface area contributed by atoms with Crippen LogP contribution >= 0.6 is 0 Å². The Morgan fingerprint density at radius 3 is 2.43 bits per heavy atom. The molecule has 1 saturated heterocycles. The molecule has 2 heterocycles. The van der Waals surface area contributed by atoms with E-state index in [0.717, 1.165) is 23.9 Å². The maximum atomic E-state index is 13.5. The van der Waals surface area contributed by atoms with Gasteiger partial charge in [0.2, 0.25) is 9.84 Å². The Hall–Kier alpha value is -3.18. The molecular weight excluding hydrogens is 485 g/mol. The summed E-state index contributed by atoms with van der Waals surface area (Å²) >= 11 is 0. The van der Waals surface area contributed by atoms with Gasteiger partial charge < -0.3 is 14.8 Å². The van der Waals surface area contributed by atoms with Gasteiger partial charge in [0.25, 0.3) is 0 Å². The Balaban J connectivity index is 1.86. The fourth-order valence-corrected chi connectivity index (χ4v) is 5.23. The van der Waals surface area contributed by atoms with Crippen molar-refractivity contribution in [2.45, 2.75) is 42.3 Å². The van der Waals surface area contributed by atoms with E-state index >= 15 is 0 Å². The Morgan fingerprint density at radius 2 is 1.80 bits per heavy atom. The molecule has 1 aliphatic rings. The topological polar surface area (TPSA) is 94.6 Å². The molecule has 0 radical (unpaired) electrons. The Labute approximate surface area is 200 Å². The molecule has 0 atom stereocenters. The van der Waals surface area contributed by atoms with Gasteiger partial charge in [-0.2, -0.15) is 0 Å². The number of benzene rings is 2. The average molecular weight is 509 g/mol. The van der Waals surface area contributed by atoms with Crippen molar-refractivity contribution in [3.63, 3.8) is 0 Å². The quantitative estimate of drug-likeness (QED) is 0.492. The number of fused-ring (bicyclic) bond motifs is 1.